The summed E-state index contributed by atoms with van der Waals surface area (Å²) >= 11 is 0. The van der Waals surface area contributed by atoms with Crippen LogP contribution in [0.15, 0.2) is 18.2 Å². The Balaban J connectivity index is 1.22. The molecule has 0 bridgehead atoms. The van der Waals surface area contributed by atoms with Gasteiger partial charge in [-0.3, -0.25) is 14.4 Å². The Morgan fingerprint density at radius 1 is 1.20 bits per heavy atom. The van der Waals surface area contributed by atoms with Crippen molar-refractivity contribution in [2.75, 3.05) is 32.2 Å². The first-order valence-corrected chi connectivity index (χ1v) is 11.2. The lowest BCUT2D eigenvalue weighted by Gasteiger charge is -2.18. The maximum absolute atomic E-state index is 12.2. The number of carbonyl (C=O) groups excluding carboxylic acids is 2. The van der Waals surface area contributed by atoms with Gasteiger partial charge >= 0.3 is 0 Å². The Bertz CT molecular complexity index is 703. The molecule has 2 aliphatic heterocycles. The largest absolute Gasteiger partial charge is 0.494 e. The lowest BCUT2D eigenvalue weighted by atomic mass is 10.0. The third-order valence-corrected chi connectivity index (χ3v) is 5.61. The molecule has 2 heterocycles. The molecular formula is C23H34N2O5. The zero-order valence-electron chi connectivity index (χ0n) is 18.0. The van der Waals surface area contributed by atoms with E-state index in [1.807, 2.05) is 18.2 Å². The van der Waals surface area contributed by atoms with Crippen LogP contribution in [0.5, 0.6) is 5.75 Å². The fourth-order valence-electron chi connectivity index (χ4n) is 3.82. The fraction of sp³-hybridized carbons (Fsp3) is 0.652. The van der Waals surface area contributed by atoms with Crippen molar-refractivity contribution in [3.05, 3.63) is 23.8 Å². The minimum atomic E-state index is -0.0360. The number of anilines is 1. The summed E-state index contributed by atoms with van der Waals surface area (Å²) < 4.78 is 11.4. The molecule has 2 aliphatic rings. The van der Waals surface area contributed by atoms with Gasteiger partial charge in [-0.15, -0.1) is 0 Å². The van der Waals surface area contributed by atoms with E-state index in [4.69, 9.17) is 14.3 Å². The second-order valence-corrected chi connectivity index (χ2v) is 8.03. The van der Waals surface area contributed by atoms with Crippen LogP contribution >= 0.6 is 0 Å². The first kappa shape index (κ1) is 22.6. The number of amides is 2. The van der Waals surface area contributed by atoms with E-state index in [1.54, 1.807) is 7.05 Å². The van der Waals surface area contributed by atoms with Crippen molar-refractivity contribution in [1.29, 1.82) is 0 Å². The van der Waals surface area contributed by atoms with Crippen molar-refractivity contribution >= 4 is 17.5 Å². The van der Waals surface area contributed by atoms with Gasteiger partial charge in [0.15, 0.2) is 0 Å². The van der Waals surface area contributed by atoms with E-state index in [0.29, 0.717) is 38.6 Å². The summed E-state index contributed by atoms with van der Waals surface area (Å²) in [4.78, 5) is 29.1. The predicted octanol–water partition coefficient (Wildman–Crippen LogP) is 3.86. The van der Waals surface area contributed by atoms with Crippen molar-refractivity contribution in [3.63, 3.8) is 0 Å². The van der Waals surface area contributed by atoms with Crippen LogP contribution in [-0.4, -0.2) is 49.8 Å². The van der Waals surface area contributed by atoms with Crippen LogP contribution < -0.4 is 10.1 Å². The molecule has 1 atom stereocenters. The molecule has 1 N–H and O–H groups in total. The SMILES string of the molecule is CN(OCCCCCC1CCCO1)C(=O)CCCOc1ccc2c(c1)CCC(=O)N2. The molecule has 0 spiro atoms. The number of nitrogens with zero attached hydrogens (tertiary/aromatic N) is 1. The molecule has 7 nitrogen and oxygen atoms in total. The van der Waals surface area contributed by atoms with Crippen molar-refractivity contribution < 1.29 is 23.9 Å². The lowest BCUT2D eigenvalue weighted by molar-refractivity contribution is -0.178. The quantitative estimate of drug-likeness (QED) is 0.412. The molecule has 166 valence electrons. The third kappa shape index (κ3) is 7.29. The van der Waals surface area contributed by atoms with Crippen molar-refractivity contribution in [3.8, 4) is 5.75 Å². The zero-order chi connectivity index (χ0) is 21.2. The standard InChI is InChI=1S/C23H34N2O5/c1-25(30-16-4-2-3-7-19-8-5-14-28-19)23(27)9-6-15-29-20-11-12-21-18(17-20)10-13-22(26)24-21/h11-12,17,19H,2-10,13-16H2,1H3,(H,24,26). The molecule has 0 radical (unpaired) electrons. The number of unbranched alkanes of at least 4 members (excludes halogenated alkanes) is 2. The molecular weight excluding hydrogens is 384 g/mol. The molecule has 7 heteroatoms. The Hall–Kier alpha value is -2.12. The van der Waals surface area contributed by atoms with E-state index in [9.17, 15) is 9.59 Å². The van der Waals surface area contributed by atoms with Crippen LogP contribution in [0.2, 0.25) is 0 Å². The summed E-state index contributed by atoms with van der Waals surface area (Å²) in [6.07, 6.45) is 9.43. The highest BCUT2D eigenvalue weighted by Gasteiger charge is 2.16. The lowest BCUT2D eigenvalue weighted by Crippen LogP contribution is -2.27. The van der Waals surface area contributed by atoms with E-state index in [2.05, 4.69) is 5.32 Å². The Labute approximate surface area is 179 Å². The first-order chi connectivity index (χ1) is 14.6. The average molecular weight is 419 g/mol. The number of rotatable bonds is 12. The highest BCUT2D eigenvalue weighted by atomic mass is 16.7. The summed E-state index contributed by atoms with van der Waals surface area (Å²) in [5.41, 5.74) is 1.95. The maximum atomic E-state index is 12.2. The number of aryl methyl sites for hydroxylation is 1. The number of fused-ring (bicyclic) bond motifs is 1. The van der Waals surface area contributed by atoms with Crippen LogP contribution in [0.1, 0.15) is 63.4 Å². The minimum absolute atomic E-state index is 0.0360. The third-order valence-electron chi connectivity index (χ3n) is 5.61. The van der Waals surface area contributed by atoms with Gasteiger partial charge in [0, 0.05) is 32.2 Å². The van der Waals surface area contributed by atoms with Gasteiger partial charge in [-0.25, -0.2) is 5.06 Å². The van der Waals surface area contributed by atoms with Crippen molar-refractivity contribution in [1.82, 2.24) is 5.06 Å². The fourth-order valence-corrected chi connectivity index (χ4v) is 3.82. The Kier molecular flexibility index (Phi) is 8.96. The Morgan fingerprint density at radius 3 is 2.93 bits per heavy atom. The number of hydrogen-bond acceptors (Lipinski definition) is 5. The Morgan fingerprint density at radius 2 is 2.10 bits per heavy atom. The van der Waals surface area contributed by atoms with Gasteiger partial charge < -0.3 is 14.8 Å². The first-order valence-electron chi connectivity index (χ1n) is 11.2. The molecule has 2 amide bonds. The monoisotopic (exact) mass is 418 g/mol. The molecule has 3 rings (SSSR count). The molecule has 1 unspecified atom stereocenters. The number of carbonyl (C=O) groups is 2. The number of nitrogens with one attached hydrogen (secondary N) is 1. The van der Waals surface area contributed by atoms with Gasteiger partial charge in [-0.2, -0.15) is 0 Å². The number of hydroxylamine groups is 2. The predicted molar refractivity (Wildman–Crippen MR) is 114 cm³/mol. The molecule has 0 aromatic heterocycles. The maximum Gasteiger partial charge on any atom is 0.245 e. The molecule has 1 fully saturated rings. The van der Waals surface area contributed by atoms with Crippen LogP contribution in [0.4, 0.5) is 5.69 Å². The number of ether oxygens (including phenoxy) is 2. The highest BCUT2D eigenvalue weighted by Crippen LogP contribution is 2.27. The van der Waals surface area contributed by atoms with E-state index in [-0.39, 0.29) is 11.8 Å². The molecule has 1 aromatic rings. The van der Waals surface area contributed by atoms with Gasteiger partial charge in [0.25, 0.3) is 0 Å². The number of hydrogen-bond donors (Lipinski definition) is 1. The average Bonchev–Trinajstić information content (AvgIpc) is 3.27. The van der Waals surface area contributed by atoms with Crippen LogP contribution in [0, 0.1) is 0 Å². The number of benzene rings is 1. The van der Waals surface area contributed by atoms with Gasteiger partial charge in [-0.1, -0.05) is 12.8 Å². The summed E-state index contributed by atoms with van der Waals surface area (Å²) in [5, 5.41) is 4.21. The van der Waals surface area contributed by atoms with Crippen molar-refractivity contribution in [2.24, 2.45) is 0 Å². The smallest absolute Gasteiger partial charge is 0.245 e. The van der Waals surface area contributed by atoms with E-state index in [1.165, 1.54) is 17.9 Å². The second-order valence-electron chi connectivity index (χ2n) is 8.03. The van der Waals surface area contributed by atoms with Gasteiger partial charge in [0.05, 0.1) is 19.3 Å². The van der Waals surface area contributed by atoms with Gasteiger partial charge in [0.1, 0.15) is 5.75 Å². The molecule has 0 saturated carbocycles. The van der Waals surface area contributed by atoms with Crippen LogP contribution in [0.25, 0.3) is 0 Å². The molecule has 1 aromatic carbocycles. The van der Waals surface area contributed by atoms with Gasteiger partial charge in [-0.05, 0) is 62.3 Å². The molecule has 0 aliphatic carbocycles. The van der Waals surface area contributed by atoms with E-state index < -0.39 is 0 Å². The second kappa shape index (κ2) is 11.9. The van der Waals surface area contributed by atoms with Crippen molar-refractivity contribution in [2.45, 2.75) is 70.3 Å². The molecule has 1 saturated heterocycles. The van der Waals surface area contributed by atoms with Gasteiger partial charge in [0.2, 0.25) is 11.8 Å². The molecule has 30 heavy (non-hydrogen) atoms. The summed E-state index contributed by atoms with van der Waals surface area (Å²) in [6.45, 7) is 1.95. The normalized spacial score (nSPS) is 18.0. The summed E-state index contributed by atoms with van der Waals surface area (Å²) in [7, 11) is 1.67. The summed E-state index contributed by atoms with van der Waals surface area (Å²) in [5.74, 6) is 0.788. The van der Waals surface area contributed by atoms with E-state index in [0.717, 1.165) is 55.7 Å². The summed E-state index contributed by atoms with van der Waals surface area (Å²) in [6, 6.07) is 5.68. The van der Waals surface area contributed by atoms with Crippen LogP contribution in [-0.2, 0) is 25.6 Å². The zero-order valence-corrected chi connectivity index (χ0v) is 18.0. The van der Waals surface area contributed by atoms with Crippen LogP contribution in [0.3, 0.4) is 0 Å². The minimum Gasteiger partial charge on any atom is -0.494 e. The highest BCUT2D eigenvalue weighted by molar-refractivity contribution is 5.94. The van der Waals surface area contributed by atoms with E-state index >= 15 is 0 Å². The topological polar surface area (TPSA) is 77.1 Å².